The van der Waals surface area contributed by atoms with Crippen LogP contribution in [0.4, 0.5) is 0 Å². The maximum Gasteiger partial charge on any atom is 0.309 e. The summed E-state index contributed by atoms with van der Waals surface area (Å²) in [4.78, 5) is 24.2. The average Bonchev–Trinajstić information content (AvgIpc) is 3.59. The minimum Gasteiger partial charge on any atom is -0.458 e. The maximum absolute atomic E-state index is 12.6. The zero-order valence-electron chi connectivity index (χ0n) is 24.0. The Morgan fingerprint density at radius 1 is 1.26 bits per heavy atom. The Balaban J connectivity index is 2.14. The number of allylic oxidation sites excluding steroid dienone is 2. The summed E-state index contributed by atoms with van der Waals surface area (Å²) in [6.45, 7) is 12.7. The predicted molar refractivity (Wildman–Crippen MR) is 145 cm³/mol. The van der Waals surface area contributed by atoms with Gasteiger partial charge in [-0.1, -0.05) is 52.0 Å². The molecule has 3 N–H and O–H groups in total. The Hall–Kier alpha value is -2.00. The van der Waals surface area contributed by atoms with Crippen LogP contribution < -0.4 is 0 Å². The molecule has 8 heteroatoms. The van der Waals surface area contributed by atoms with Gasteiger partial charge < -0.3 is 29.5 Å². The molecule has 0 radical (unpaired) electrons. The van der Waals surface area contributed by atoms with E-state index in [2.05, 4.69) is 0 Å². The first kappa shape index (κ1) is 32.2. The second kappa shape index (κ2) is 14.4. The predicted octanol–water partition coefficient (Wildman–Crippen LogP) is 4.02. The lowest BCUT2D eigenvalue weighted by molar-refractivity contribution is -0.151. The van der Waals surface area contributed by atoms with Gasteiger partial charge in [0.05, 0.1) is 36.4 Å². The van der Waals surface area contributed by atoms with Crippen LogP contribution in [0.2, 0.25) is 0 Å². The van der Waals surface area contributed by atoms with E-state index < -0.39 is 36.0 Å². The van der Waals surface area contributed by atoms with Crippen LogP contribution in [0.1, 0.15) is 80.6 Å². The topological polar surface area (TPSA) is 126 Å². The number of carbonyl (C=O) groups is 2. The monoisotopic (exact) mass is 536 g/mol. The molecule has 2 rings (SSSR count). The number of aliphatic hydroxyl groups is 3. The Kier molecular flexibility index (Phi) is 12.2. The van der Waals surface area contributed by atoms with Crippen molar-refractivity contribution in [3.63, 3.8) is 0 Å². The van der Waals surface area contributed by atoms with Gasteiger partial charge in [0.25, 0.3) is 0 Å². The summed E-state index contributed by atoms with van der Waals surface area (Å²) in [6.07, 6.45) is 8.48. The lowest BCUT2D eigenvalue weighted by Gasteiger charge is -2.27. The quantitative estimate of drug-likeness (QED) is 0.175. The van der Waals surface area contributed by atoms with Gasteiger partial charge in [0, 0.05) is 25.2 Å². The highest BCUT2D eigenvalue weighted by Crippen LogP contribution is 2.37. The molecule has 0 aliphatic carbocycles. The fraction of sp³-hybridized carbons (Fsp3) is 0.733. The molecule has 38 heavy (non-hydrogen) atoms. The molecule has 8 nitrogen and oxygen atoms in total. The lowest BCUT2D eigenvalue weighted by atomic mass is 9.91. The summed E-state index contributed by atoms with van der Waals surface area (Å²) in [7, 11) is 0. The molecule has 0 aromatic heterocycles. The van der Waals surface area contributed by atoms with Gasteiger partial charge in [-0.2, -0.15) is 0 Å². The van der Waals surface area contributed by atoms with Gasteiger partial charge in [0.15, 0.2) is 0 Å². The molecule has 1 fully saturated rings. The SMILES string of the molecule is CC[C@@H](O)[C@@H](C)[C@H]1O[C@@H]1C[C@](C)(O)/C=C/C=C(\C)[C@H]1OC(=O)C[C@@H](O)CC[C@@H](C)[C@@H](OC(C)=O)/C=C\[C@@H]1C. The molecule has 0 spiro atoms. The number of hydrogen-bond acceptors (Lipinski definition) is 8. The summed E-state index contributed by atoms with van der Waals surface area (Å²) in [5.74, 6) is -1.08. The van der Waals surface area contributed by atoms with E-state index >= 15 is 0 Å². The summed E-state index contributed by atoms with van der Waals surface area (Å²) in [6, 6.07) is 0. The van der Waals surface area contributed by atoms with E-state index in [-0.39, 0.29) is 42.4 Å². The Bertz CT molecular complexity index is 875. The Labute approximate surface area is 227 Å². The number of epoxide rings is 1. The Morgan fingerprint density at radius 2 is 1.95 bits per heavy atom. The van der Waals surface area contributed by atoms with Gasteiger partial charge >= 0.3 is 11.9 Å². The minimum absolute atomic E-state index is 0.0131. The first-order valence-electron chi connectivity index (χ1n) is 13.9. The highest BCUT2D eigenvalue weighted by Gasteiger charge is 2.47. The van der Waals surface area contributed by atoms with Crippen LogP contribution in [-0.4, -0.2) is 69.5 Å². The van der Waals surface area contributed by atoms with E-state index in [4.69, 9.17) is 14.2 Å². The van der Waals surface area contributed by atoms with Gasteiger partial charge in [-0.05, 0) is 50.7 Å². The first-order chi connectivity index (χ1) is 17.7. The first-order valence-corrected chi connectivity index (χ1v) is 13.9. The van der Waals surface area contributed by atoms with Crippen molar-refractivity contribution >= 4 is 11.9 Å². The van der Waals surface area contributed by atoms with Crippen LogP contribution in [0.5, 0.6) is 0 Å². The summed E-state index contributed by atoms with van der Waals surface area (Å²) >= 11 is 0. The summed E-state index contributed by atoms with van der Waals surface area (Å²) < 4.78 is 17.0. The molecule has 2 heterocycles. The molecule has 1 saturated heterocycles. The zero-order valence-corrected chi connectivity index (χ0v) is 24.0. The molecule has 0 aromatic carbocycles. The molecule has 0 bridgehead atoms. The van der Waals surface area contributed by atoms with Gasteiger partial charge in [0.2, 0.25) is 0 Å². The van der Waals surface area contributed by atoms with Gasteiger partial charge in [-0.3, -0.25) is 9.59 Å². The molecule has 0 amide bonds. The van der Waals surface area contributed by atoms with Gasteiger partial charge in [-0.15, -0.1) is 0 Å². The van der Waals surface area contributed by atoms with Crippen molar-refractivity contribution in [3.05, 3.63) is 36.0 Å². The van der Waals surface area contributed by atoms with Crippen molar-refractivity contribution in [1.82, 2.24) is 0 Å². The van der Waals surface area contributed by atoms with E-state index in [0.717, 1.165) is 5.57 Å². The molecular formula is C30H48O8. The van der Waals surface area contributed by atoms with Crippen LogP contribution in [0, 0.1) is 17.8 Å². The van der Waals surface area contributed by atoms with Crippen LogP contribution in [0.25, 0.3) is 0 Å². The number of esters is 2. The largest absolute Gasteiger partial charge is 0.458 e. The van der Waals surface area contributed by atoms with Crippen LogP contribution in [0.15, 0.2) is 36.0 Å². The molecule has 10 atom stereocenters. The number of ether oxygens (including phenoxy) is 3. The van der Waals surface area contributed by atoms with E-state index in [9.17, 15) is 24.9 Å². The zero-order chi connectivity index (χ0) is 28.6. The number of carbonyl (C=O) groups excluding carboxylic acids is 2. The van der Waals surface area contributed by atoms with Crippen molar-refractivity contribution in [3.8, 4) is 0 Å². The van der Waals surface area contributed by atoms with Crippen molar-refractivity contribution in [2.45, 2.75) is 123 Å². The fourth-order valence-electron chi connectivity index (χ4n) is 4.99. The van der Waals surface area contributed by atoms with Crippen molar-refractivity contribution in [1.29, 1.82) is 0 Å². The second-order valence-corrected chi connectivity index (χ2v) is 11.4. The van der Waals surface area contributed by atoms with Gasteiger partial charge in [0.1, 0.15) is 12.2 Å². The van der Waals surface area contributed by atoms with Crippen LogP contribution >= 0.6 is 0 Å². The Morgan fingerprint density at radius 3 is 2.58 bits per heavy atom. The standard InChI is InChI=1S/C30H48O8/c1-8-24(33)21(5)29-26(37-29)17-30(7,35)15-9-10-19(3)28-20(4)12-14-25(36-22(6)31)18(2)11-13-23(32)16-27(34)38-28/h9-10,12,14-15,18,20-21,23-26,28-29,32-33,35H,8,11,13,16-17H2,1-7H3/b14-12-,15-9+,19-10+/t18-,20+,21-,23+,24-,25+,26-,28-,29-,30-/m1/s1. The third-order valence-electron chi connectivity index (χ3n) is 7.60. The maximum atomic E-state index is 12.6. The summed E-state index contributed by atoms with van der Waals surface area (Å²) in [5.41, 5.74) is -0.342. The third-order valence-corrected chi connectivity index (χ3v) is 7.60. The highest BCUT2D eigenvalue weighted by molar-refractivity contribution is 5.70. The number of rotatable bonds is 9. The molecule has 2 aliphatic heterocycles. The van der Waals surface area contributed by atoms with E-state index in [1.54, 1.807) is 25.2 Å². The van der Waals surface area contributed by atoms with Crippen molar-refractivity contribution < 1.29 is 39.1 Å². The smallest absolute Gasteiger partial charge is 0.309 e. The minimum atomic E-state index is -1.11. The average molecular weight is 537 g/mol. The van der Waals surface area contributed by atoms with E-state index in [0.29, 0.717) is 25.7 Å². The molecular weight excluding hydrogens is 488 g/mol. The molecule has 216 valence electrons. The third kappa shape index (κ3) is 10.3. The van der Waals surface area contributed by atoms with E-state index in [1.807, 2.05) is 46.8 Å². The fourth-order valence-corrected chi connectivity index (χ4v) is 4.99. The highest BCUT2D eigenvalue weighted by atomic mass is 16.6. The lowest BCUT2D eigenvalue weighted by Crippen LogP contribution is -2.30. The number of aliphatic hydroxyl groups excluding tert-OH is 2. The second-order valence-electron chi connectivity index (χ2n) is 11.4. The van der Waals surface area contributed by atoms with Crippen molar-refractivity contribution in [2.75, 3.05) is 0 Å². The molecule has 2 aliphatic rings. The molecule has 0 saturated carbocycles. The number of cyclic esters (lactones) is 1. The molecule has 0 unspecified atom stereocenters. The van der Waals surface area contributed by atoms with Gasteiger partial charge in [-0.25, -0.2) is 0 Å². The summed E-state index contributed by atoms with van der Waals surface area (Å²) in [5, 5.41) is 31.3. The number of hydrogen-bond donors (Lipinski definition) is 3. The van der Waals surface area contributed by atoms with E-state index in [1.165, 1.54) is 6.92 Å². The normalized spacial score (nSPS) is 35.3. The molecule has 0 aromatic rings. The van der Waals surface area contributed by atoms with Crippen molar-refractivity contribution in [2.24, 2.45) is 17.8 Å². The van der Waals surface area contributed by atoms with Crippen LogP contribution in [0.3, 0.4) is 0 Å². The van der Waals surface area contributed by atoms with Crippen LogP contribution in [-0.2, 0) is 23.8 Å².